The van der Waals surface area contributed by atoms with E-state index in [2.05, 4.69) is 20.3 Å². The minimum atomic E-state index is -3.01. The van der Waals surface area contributed by atoms with Gasteiger partial charge in [0, 0.05) is 35.6 Å². The number of nitrogens with zero attached hydrogens (tertiary/aromatic N) is 5. The molecule has 0 saturated carbocycles. The molecule has 3 aromatic heterocycles. The van der Waals surface area contributed by atoms with Gasteiger partial charge in [-0.2, -0.15) is 10.2 Å². The molecule has 4 heterocycles. The molecule has 0 aliphatic carbocycles. The molecule has 8 nitrogen and oxygen atoms in total. The number of aryl methyl sites for hydroxylation is 2. The Morgan fingerprint density at radius 2 is 2.04 bits per heavy atom. The quantitative estimate of drug-likeness (QED) is 0.746. The van der Waals surface area contributed by atoms with Crippen LogP contribution in [0.25, 0.3) is 11.4 Å². The molecule has 0 spiro atoms. The van der Waals surface area contributed by atoms with Crippen molar-refractivity contribution < 1.29 is 8.42 Å². The van der Waals surface area contributed by atoms with E-state index in [0.717, 1.165) is 28.3 Å². The number of aromatic nitrogens is 6. The second-order valence-corrected chi connectivity index (χ2v) is 8.91. The number of pyridine rings is 1. The summed E-state index contributed by atoms with van der Waals surface area (Å²) in [7, 11) is -3.01. The molecule has 1 fully saturated rings. The first-order valence-corrected chi connectivity index (χ1v) is 10.3. The molecule has 1 N–H and O–H groups in total. The second-order valence-electron chi connectivity index (χ2n) is 6.68. The Bertz CT molecular complexity index is 1020. The fourth-order valence-electron chi connectivity index (χ4n) is 3.35. The maximum atomic E-state index is 11.9. The molecule has 0 radical (unpaired) electrons. The zero-order valence-electron chi connectivity index (χ0n) is 14.7. The van der Waals surface area contributed by atoms with E-state index in [-0.39, 0.29) is 17.5 Å². The van der Waals surface area contributed by atoms with Crippen molar-refractivity contribution in [2.24, 2.45) is 0 Å². The van der Waals surface area contributed by atoms with Crippen molar-refractivity contribution in [2.75, 3.05) is 11.5 Å². The zero-order chi connectivity index (χ0) is 18.3. The third-order valence-corrected chi connectivity index (χ3v) is 6.56. The van der Waals surface area contributed by atoms with Crippen molar-refractivity contribution >= 4 is 9.84 Å². The van der Waals surface area contributed by atoms with Crippen LogP contribution in [-0.2, 0) is 16.3 Å². The lowest BCUT2D eigenvalue weighted by molar-refractivity contribution is 0.481. The number of H-pyrrole nitrogens is 1. The van der Waals surface area contributed by atoms with Gasteiger partial charge in [0.05, 0.1) is 23.2 Å². The minimum Gasteiger partial charge on any atom is -0.282 e. The predicted octanol–water partition coefficient (Wildman–Crippen LogP) is 1.63. The van der Waals surface area contributed by atoms with E-state index in [1.807, 2.05) is 26.0 Å². The van der Waals surface area contributed by atoms with Gasteiger partial charge in [0.15, 0.2) is 15.7 Å². The Morgan fingerprint density at radius 3 is 2.65 bits per heavy atom. The van der Waals surface area contributed by atoms with Crippen LogP contribution < -0.4 is 0 Å². The van der Waals surface area contributed by atoms with Crippen molar-refractivity contribution in [3.63, 3.8) is 0 Å². The summed E-state index contributed by atoms with van der Waals surface area (Å²) in [6.45, 7) is 3.92. The lowest BCUT2D eigenvalue weighted by Crippen LogP contribution is -2.16. The first kappa shape index (κ1) is 16.9. The van der Waals surface area contributed by atoms with Crippen LogP contribution in [0.1, 0.15) is 35.2 Å². The van der Waals surface area contributed by atoms with Crippen molar-refractivity contribution in [1.82, 2.24) is 29.9 Å². The normalized spacial score (nSPS) is 19.1. The van der Waals surface area contributed by atoms with E-state index in [1.54, 1.807) is 17.1 Å². The third kappa shape index (κ3) is 3.14. The number of hydrogen-bond acceptors (Lipinski definition) is 6. The fourth-order valence-corrected chi connectivity index (χ4v) is 5.04. The topological polar surface area (TPSA) is 106 Å². The van der Waals surface area contributed by atoms with Gasteiger partial charge in [-0.1, -0.05) is 0 Å². The Kier molecular flexibility index (Phi) is 4.10. The number of rotatable bonds is 4. The monoisotopic (exact) mass is 372 g/mol. The summed E-state index contributed by atoms with van der Waals surface area (Å²) >= 11 is 0. The Hall–Kier alpha value is -2.55. The largest absolute Gasteiger partial charge is 0.282 e. The fraction of sp³-hybridized carbons (Fsp3) is 0.412. The molecular weight excluding hydrogens is 352 g/mol. The summed E-state index contributed by atoms with van der Waals surface area (Å²) < 4.78 is 25.7. The second kappa shape index (κ2) is 6.31. The average Bonchev–Trinajstić information content (AvgIpc) is 3.29. The summed E-state index contributed by atoms with van der Waals surface area (Å²) in [5.74, 6) is 1.66. The van der Waals surface area contributed by atoms with Gasteiger partial charge in [-0.3, -0.25) is 10.1 Å². The van der Waals surface area contributed by atoms with Crippen LogP contribution in [0.2, 0.25) is 0 Å². The standard InChI is InChI=1S/C17H20N6O2S/c1-11-15(12(2)21-20-11)9-16-19-17(13-3-6-18-7-4-13)22-23(16)14-5-8-26(24,25)10-14/h3-4,6-7,14H,5,8-10H2,1-2H3,(H,20,21)/t14-/m0/s1. The summed E-state index contributed by atoms with van der Waals surface area (Å²) in [5.41, 5.74) is 3.84. The van der Waals surface area contributed by atoms with Gasteiger partial charge in [-0.25, -0.2) is 18.1 Å². The van der Waals surface area contributed by atoms with Crippen molar-refractivity contribution in [3.05, 3.63) is 47.3 Å². The lowest BCUT2D eigenvalue weighted by atomic mass is 10.1. The molecule has 1 aliphatic heterocycles. The van der Waals surface area contributed by atoms with Crippen LogP contribution in [-0.4, -0.2) is 49.9 Å². The van der Waals surface area contributed by atoms with Gasteiger partial charge in [0.25, 0.3) is 0 Å². The molecule has 3 aromatic rings. The van der Waals surface area contributed by atoms with Crippen molar-refractivity contribution in [3.8, 4) is 11.4 Å². The molecule has 0 aromatic carbocycles. The number of aromatic amines is 1. The van der Waals surface area contributed by atoms with E-state index < -0.39 is 9.84 Å². The highest BCUT2D eigenvalue weighted by Gasteiger charge is 2.32. The molecule has 26 heavy (non-hydrogen) atoms. The maximum Gasteiger partial charge on any atom is 0.181 e. The molecule has 1 atom stereocenters. The van der Waals surface area contributed by atoms with Crippen LogP contribution in [0, 0.1) is 13.8 Å². The first-order chi connectivity index (χ1) is 12.4. The van der Waals surface area contributed by atoms with Crippen molar-refractivity contribution in [1.29, 1.82) is 0 Å². The Morgan fingerprint density at radius 1 is 1.27 bits per heavy atom. The molecular formula is C17H20N6O2S. The maximum absolute atomic E-state index is 11.9. The number of sulfone groups is 1. The Balaban J connectivity index is 1.77. The molecule has 0 bridgehead atoms. The molecule has 1 saturated heterocycles. The van der Waals surface area contributed by atoms with E-state index in [0.29, 0.717) is 18.7 Å². The van der Waals surface area contributed by atoms with Crippen LogP contribution in [0.4, 0.5) is 0 Å². The van der Waals surface area contributed by atoms with E-state index >= 15 is 0 Å². The van der Waals surface area contributed by atoms with Gasteiger partial charge < -0.3 is 0 Å². The summed E-state index contributed by atoms with van der Waals surface area (Å²) in [5, 5.41) is 11.9. The van der Waals surface area contributed by atoms with Crippen LogP contribution >= 0.6 is 0 Å². The molecule has 9 heteroatoms. The van der Waals surface area contributed by atoms with Gasteiger partial charge in [-0.15, -0.1) is 0 Å². The highest BCUT2D eigenvalue weighted by molar-refractivity contribution is 7.91. The molecule has 4 rings (SSSR count). The summed E-state index contributed by atoms with van der Waals surface area (Å²) in [4.78, 5) is 8.74. The van der Waals surface area contributed by atoms with E-state index in [9.17, 15) is 8.42 Å². The summed E-state index contributed by atoms with van der Waals surface area (Å²) in [6.07, 6.45) is 4.51. The summed E-state index contributed by atoms with van der Waals surface area (Å²) in [6, 6.07) is 3.53. The molecule has 0 unspecified atom stereocenters. The van der Waals surface area contributed by atoms with Crippen LogP contribution in [0.5, 0.6) is 0 Å². The van der Waals surface area contributed by atoms with Crippen molar-refractivity contribution in [2.45, 2.75) is 32.7 Å². The molecule has 136 valence electrons. The van der Waals surface area contributed by atoms with Crippen LogP contribution in [0.15, 0.2) is 24.5 Å². The van der Waals surface area contributed by atoms with Gasteiger partial charge in [0.1, 0.15) is 5.82 Å². The van der Waals surface area contributed by atoms with E-state index in [1.165, 1.54) is 0 Å². The SMILES string of the molecule is Cc1n[nH]c(C)c1Cc1nc(-c2ccncc2)nn1[C@H]1CCS(=O)(=O)C1. The molecule has 1 aliphatic rings. The highest BCUT2D eigenvalue weighted by atomic mass is 32.2. The first-order valence-electron chi connectivity index (χ1n) is 8.49. The lowest BCUT2D eigenvalue weighted by Gasteiger charge is -2.11. The number of hydrogen-bond donors (Lipinski definition) is 1. The molecule has 0 amide bonds. The number of nitrogens with one attached hydrogen (secondary N) is 1. The van der Waals surface area contributed by atoms with Crippen LogP contribution in [0.3, 0.4) is 0 Å². The zero-order valence-corrected chi connectivity index (χ0v) is 15.5. The highest BCUT2D eigenvalue weighted by Crippen LogP contribution is 2.27. The smallest absolute Gasteiger partial charge is 0.181 e. The van der Waals surface area contributed by atoms with Gasteiger partial charge in [-0.05, 0) is 32.4 Å². The van der Waals surface area contributed by atoms with Gasteiger partial charge >= 0.3 is 0 Å². The third-order valence-electron chi connectivity index (χ3n) is 4.81. The van der Waals surface area contributed by atoms with Gasteiger partial charge in [0.2, 0.25) is 0 Å². The van der Waals surface area contributed by atoms with E-state index in [4.69, 9.17) is 4.98 Å². The minimum absolute atomic E-state index is 0.114. The predicted molar refractivity (Wildman–Crippen MR) is 96.4 cm³/mol. The Labute approximate surface area is 151 Å². The average molecular weight is 372 g/mol.